The summed E-state index contributed by atoms with van der Waals surface area (Å²) in [5.74, 6) is -2.11. The number of rotatable bonds is 11. The minimum atomic E-state index is -1.22. The number of carboxylic acids is 1. The van der Waals surface area contributed by atoms with Crippen molar-refractivity contribution >= 4 is 18.0 Å². The van der Waals surface area contributed by atoms with Gasteiger partial charge < -0.3 is 22.1 Å². The number of benzene rings is 2. The number of carbonyl (C=O) groups is 2. The van der Waals surface area contributed by atoms with Crippen LogP contribution in [-0.4, -0.2) is 49.2 Å². The summed E-state index contributed by atoms with van der Waals surface area (Å²) in [6, 6.07) is 14.9. The van der Waals surface area contributed by atoms with Gasteiger partial charge in [-0.1, -0.05) is 50.3 Å². The maximum absolute atomic E-state index is 13.6. The molecule has 3 rings (SSSR count). The molecule has 0 aliphatic rings. The second-order valence-electron chi connectivity index (χ2n) is 9.21. The molecule has 198 valence electrons. The molecule has 0 unspecified atom stereocenters. The van der Waals surface area contributed by atoms with Gasteiger partial charge in [-0.05, 0) is 48.7 Å². The van der Waals surface area contributed by atoms with E-state index in [1.165, 1.54) is 35.0 Å². The van der Waals surface area contributed by atoms with Gasteiger partial charge in [-0.15, -0.1) is 0 Å². The van der Waals surface area contributed by atoms with Crippen molar-refractivity contribution in [1.82, 2.24) is 15.1 Å². The van der Waals surface area contributed by atoms with Crippen LogP contribution in [0.5, 0.6) is 0 Å². The van der Waals surface area contributed by atoms with Crippen molar-refractivity contribution < 1.29 is 60.3 Å². The normalized spacial score (nSPS) is 13.7. The van der Waals surface area contributed by atoms with Crippen molar-refractivity contribution in [3.8, 4) is 5.69 Å². The second kappa shape index (κ2) is 14.4. The van der Waals surface area contributed by atoms with Crippen LogP contribution in [-0.2, 0) is 4.79 Å². The van der Waals surface area contributed by atoms with Crippen LogP contribution in [0.1, 0.15) is 74.3 Å². The molecule has 38 heavy (non-hydrogen) atoms. The third kappa shape index (κ3) is 8.34. The SMILES string of the molecule is CC(C)c1c(C(=O)N[C@H](C)c2ccccc2)nn(-c2ccc(F)cc2)c1C=C[C@H](O)C[C@@H](O)CC(=O)O.[H-].[Na+]. The number of nitrogens with one attached hydrogen (secondary N) is 1. The molecule has 1 amide bonds. The molecule has 4 N–H and O–H groups in total. The Morgan fingerprint density at radius 3 is 2.29 bits per heavy atom. The zero-order valence-electron chi connectivity index (χ0n) is 23.0. The molecule has 0 saturated carbocycles. The van der Waals surface area contributed by atoms with Gasteiger partial charge >= 0.3 is 35.5 Å². The third-order valence-corrected chi connectivity index (χ3v) is 5.87. The van der Waals surface area contributed by atoms with Crippen molar-refractivity contribution in [2.75, 3.05) is 0 Å². The quantitative estimate of drug-likeness (QED) is 0.276. The van der Waals surface area contributed by atoms with Gasteiger partial charge in [0.2, 0.25) is 0 Å². The summed E-state index contributed by atoms with van der Waals surface area (Å²) in [4.78, 5) is 24.2. The molecule has 3 aromatic rings. The maximum atomic E-state index is 13.6. The van der Waals surface area contributed by atoms with Crippen molar-refractivity contribution in [3.63, 3.8) is 0 Å². The predicted octanol–water partition coefficient (Wildman–Crippen LogP) is 1.34. The molecule has 0 radical (unpaired) electrons. The summed E-state index contributed by atoms with van der Waals surface area (Å²) in [5.41, 5.74) is 2.77. The van der Waals surface area contributed by atoms with Gasteiger partial charge in [-0.2, -0.15) is 5.10 Å². The first-order valence-corrected chi connectivity index (χ1v) is 12.1. The topological polar surface area (TPSA) is 125 Å². The smallest absolute Gasteiger partial charge is 1.00 e. The zero-order chi connectivity index (χ0) is 27.1. The number of aliphatic hydroxyl groups excluding tert-OH is 2. The van der Waals surface area contributed by atoms with Crippen LogP contribution in [0.2, 0.25) is 0 Å². The second-order valence-corrected chi connectivity index (χ2v) is 9.21. The van der Waals surface area contributed by atoms with Gasteiger partial charge in [-0.25, -0.2) is 9.07 Å². The molecule has 0 aliphatic heterocycles. The molecule has 0 saturated heterocycles. The number of carboxylic acid groups (broad SMARTS) is 1. The zero-order valence-corrected chi connectivity index (χ0v) is 24.0. The third-order valence-electron chi connectivity index (χ3n) is 5.87. The van der Waals surface area contributed by atoms with Gasteiger partial charge in [0.05, 0.1) is 36.1 Å². The average Bonchev–Trinajstić information content (AvgIpc) is 3.23. The number of hydrogen-bond acceptors (Lipinski definition) is 5. The molecule has 1 aromatic heterocycles. The molecule has 0 aliphatic carbocycles. The van der Waals surface area contributed by atoms with Crippen molar-refractivity contribution in [1.29, 1.82) is 0 Å². The van der Waals surface area contributed by atoms with Crippen molar-refractivity contribution in [2.24, 2.45) is 0 Å². The molecule has 10 heteroatoms. The van der Waals surface area contributed by atoms with Gasteiger partial charge in [0.25, 0.3) is 5.91 Å². The first-order valence-electron chi connectivity index (χ1n) is 12.1. The minimum absolute atomic E-state index is 0. The van der Waals surface area contributed by atoms with Crippen LogP contribution in [0, 0.1) is 5.82 Å². The van der Waals surface area contributed by atoms with Crippen LogP contribution >= 0.6 is 0 Å². The molecule has 2 aromatic carbocycles. The molecular formula is C28H33FN3NaO5. The summed E-state index contributed by atoms with van der Waals surface area (Å²) in [6.45, 7) is 5.69. The number of nitrogens with zero attached hydrogens (tertiary/aromatic N) is 2. The van der Waals surface area contributed by atoms with Crippen LogP contribution in [0.25, 0.3) is 11.8 Å². The van der Waals surface area contributed by atoms with E-state index in [2.05, 4.69) is 10.4 Å². The van der Waals surface area contributed by atoms with E-state index in [4.69, 9.17) is 5.11 Å². The van der Waals surface area contributed by atoms with Gasteiger partial charge in [0, 0.05) is 12.0 Å². The molecule has 1 heterocycles. The van der Waals surface area contributed by atoms with Crippen molar-refractivity contribution in [2.45, 2.75) is 57.8 Å². The van der Waals surface area contributed by atoms with E-state index in [1.807, 2.05) is 51.1 Å². The Kier molecular flexibility index (Phi) is 11.9. The number of aliphatic carboxylic acids is 1. The van der Waals surface area contributed by atoms with Crippen LogP contribution in [0.15, 0.2) is 60.7 Å². The van der Waals surface area contributed by atoms with Gasteiger partial charge in [0.15, 0.2) is 5.69 Å². The van der Waals surface area contributed by atoms with Gasteiger partial charge in [-0.3, -0.25) is 9.59 Å². The summed E-state index contributed by atoms with van der Waals surface area (Å²) in [6.07, 6.45) is -0.0129. The standard InChI is InChI=1S/C28H32FN3O5.Na.H/c1-17(2)26-24(14-13-22(33)15-23(34)16-25(35)36)32(21-11-9-20(29)10-12-21)31-27(26)28(37)30-18(3)19-7-5-4-6-8-19;;/h4-14,17-18,22-23,33-34H,15-16H2,1-3H3,(H,30,37)(H,35,36);;/q;+1;-1/t18-,22+,23-;;/m1../s1. The van der Waals surface area contributed by atoms with Crippen LogP contribution in [0.3, 0.4) is 0 Å². The van der Waals surface area contributed by atoms with E-state index in [1.54, 1.807) is 6.08 Å². The Morgan fingerprint density at radius 1 is 1.08 bits per heavy atom. The Morgan fingerprint density at radius 2 is 1.71 bits per heavy atom. The fraction of sp³-hybridized carbons (Fsp3) is 0.321. The summed E-state index contributed by atoms with van der Waals surface area (Å²) in [5, 5.41) is 36.6. The predicted molar refractivity (Wildman–Crippen MR) is 139 cm³/mol. The Labute approximate surface area is 245 Å². The number of aromatic nitrogens is 2. The number of carbonyl (C=O) groups excluding carboxylic acids is 1. The monoisotopic (exact) mass is 533 g/mol. The fourth-order valence-corrected chi connectivity index (χ4v) is 4.05. The molecule has 0 bridgehead atoms. The van der Waals surface area contributed by atoms with Crippen molar-refractivity contribution in [3.05, 3.63) is 89.0 Å². The van der Waals surface area contributed by atoms with E-state index < -0.39 is 30.4 Å². The number of aliphatic hydroxyl groups is 2. The Hall–Kier alpha value is -2.82. The Bertz CT molecular complexity index is 1250. The maximum Gasteiger partial charge on any atom is 1.00 e. The first-order chi connectivity index (χ1) is 17.6. The summed E-state index contributed by atoms with van der Waals surface area (Å²) in [7, 11) is 0. The molecule has 0 fully saturated rings. The summed E-state index contributed by atoms with van der Waals surface area (Å²) >= 11 is 0. The van der Waals surface area contributed by atoms with Crippen LogP contribution < -0.4 is 34.9 Å². The van der Waals surface area contributed by atoms with Crippen LogP contribution in [0.4, 0.5) is 4.39 Å². The average molecular weight is 534 g/mol. The molecule has 0 spiro atoms. The van der Waals surface area contributed by atoms with E-state index >= 15 is 0 Å². The van der Waals surface area contributed by atoms with E-state index in [-0.39, 0.29) is 61.0 Å². The largest absolute Gasteiger partial charge is 1.00 e. The molecule has 8 nitrogen and oxygen atoms in total. The number of halogens is 1. The molecule has 3 atom stereocenters. The first kappa shape index (κ1) is 31.4. The number of amides is 1. The molecular weight excluding hydrogens is 500 g/mol. The minimum Gasteiger partial charge on any atom is -1.00 e. The van der Waals surface area contributed by atoms with Gasteiger partial charge in [0.1, 0.15) is 5.82 Å². The van der Waals surface area contributed by atoms with E-state index in [9.17, 15) is 24.2 Å². The van der Waals surface area contributed by atoms with E-state index in [0.29, 0.717) is 16.9 Å². The summed E-state index contributed by atoms with van der Waals surface area (Å²) < 4.78 is 15.1. The fourth-order valence-electron chi connectivity index (χ4n) is 4.05. The van der Waals surface area contributed by atoms with E-state index in [0.717, 1.165) is 5.56 Å². The number of hydrogen-bond donors (Lipinski definition) is 4. The Balaban J connectivity index is 0.00000380.